The summed E-state index contributed by atoms with van der Waals surface area (Å²) < 4.78 is 31.9. The van der Waals surface area contributed by atoms with Crippen LogP contribution in [0.1, 0.15) is 46.9 Å². The normalized spacial score (nSPS) is 16.9. The second-order valence-corrected chi connectivity index (χ2v) is 8.73. The Morgan fingerprint density at radius 3 is 2.63 bits per heavy atom. The van der Waals surface area contributed by atoms with Crippen LogP contribution in [0.15, 0.2) is 36.5 Å². The molecule has 190 valence electrons. The minimum absolute atomic E-state index is 0.0152. The summed E-state index contributed by atoms with van der Waals surface area (Å²) >= 11 is 6.24. The third-order valence-electron chi connectivity index (χ3n) is 6.27. The van der Waals surface area contributed by atoms with Gasteiger partial charge in [0.1, 0.15) is 5.75 Å². The molecule has 1 aliphatic heterocycles. The first-order chi connectivity index (χ1) is 16.8. The van der Waals surface area contributed by atoms with Crippen molar-refractivity contribution in [1.82, 2.24) is 14.8 Å². The summed E-state index contributed by atoms with van der Waals surface area (Å²) in [7, 11) is 1.64. The fourth-order valence-corrected chi connectivity index (χ4v) is 4.91. The van der Waals surface area contributed by atoms with Crippen molar-refractivity contribution in [2.24, 2.45) is 0 Å². The number of nitrogens with one attached hydrogen (secondary N) is 1. The minimum Gasteiger partial charge on any atom is -0.496 e. The van der Waals surface area contributed by atoms with Crippen LogP contribution in [0.5, 0.6) is 5.75 Å². The van der Waals surface area contributed by atoms with Crippen LogP contribution >= 0.6 is 11.6 Å². The van der Waals surface area contributed by atoms with Crippen molar-refractivity contribution >= 4 is 28.5 Å². The number of nitrogens with zero attached hydrogens (tertiary/aromatic N) is 2. The van der Waals surface area contributed by atoms with Crippen LogP contribution in [-0.2, 0) is 6.54 Å². The summed E-state index contributed by atoms with van der Waals surface area (Å²) in [5.41, 5.74) is 3.93. The Bertz CT molecular complexity index is 1170. The van der Waals surface area contributed by atoms with Gasteiger partial charge in [0.25, 0.3) is 6.43 Å². The standard InChI is InChI=1S/C24H26ClF2N3O3.C2H6/c1-14-9-21(33-2)18(16-5-6-28-23(14)16)11-30-8-7-29(13-22(26)27)12-20(30)15-3-4-17(24(31)32)19(25)10-15;1-2/h3-6,9-10,20,22,28H,7-8,11-13H2,1-2H3,(H,31,32);1-2H3. The number of hydrogen-bond donors (Lipinski definition) is 2. The van der Waals surface area contributed by atoms with Crippen LogP contribution in [0.25, 0.3) is 10.9 Å². The fourth-order valence-electron chi connectivity index (χ4n) is 4.64. The fraction of sp³-hybridized carbons (Fsp3) is 0.423. The van der Waals surface area contributed by atoms with Gasteiger partial charge in [-0.2, -0.15) is 0 Å². The Labute approximate surface area is 209 Å². The van der Waals surface area contributed by atoms with E-state index in [1.807, 2.05) is 39.1 Å². The number of carbonyl (C=O) groups is 1. The zero-order chi connectivity index (χ0) is 25.7. The Balaban J connectivity index is 0.00000167. The summed E-state index contributed by atoms with van der Waals surface area (Å²) in [6.07, 6.45) is -0.532. The molecule has 1 fully saturated rings. The number of aromatic amines is 1. The Kier molecular flexibility index (Phi) is 9.10. The van der Waals surface area contributed by atoms with Gasteiger partial charge in [0.2, 0.25) is 0 Å². The van der Waals surface area contributed by atoms with Gasteiger partial charge in [0.15, 0.2) is 0 Å². The smallest absolute Gasteiger partial charge is 0.337 e. The molecule has 1 atom stereocenters. The lowest BCUT2D eigenvalue weighted by Gasteiger charge is -2.42. The van der Waals surface area contributed by atoms with E-state index in [0.29, 0.717) is 26.2 Å². The van der Waals surface area contributed by atoms with Crippen LogP contribution in [-0.4, -0.2) is 65.6 Å². The van der Waals surface area contributed by atoms with Gasteiger partial charge in [-0.1, -0.05) is 31.5 Å². The molecule has 3 aromatic rings. The maximum atomic E-state index is 13.1. The molecule has 4 rings (SSSR count). The van der Waals surface area contributed by atoms with Gasteiger partial charge in [-0.15, -0.1) is 0 Å². The second-order valence-electron chi connectivity index (χ2n) is 8.32. The number of ether oxygens (including phenoxy) is 1. The molecule has 1 aliphatic rings. The first-order valence-electron chi connectivity index (χ1n) is 11.7. The highest BCUT2D eigenvalue weighted by atomic mass is 35.5. The number of aryl methyl sites for hydroxylation is 1. The molecule has 0 radical (unpaired) electrons. The van der Waals surface area contributed by atoms with Crippen molar-refractivity contribution in [1.29, 1.82) is 0 Å². The Morgan fingerprint density at radius 1 is 1.26 bits per heavy atom. The molecule has 0 aliphatic carbocycles. The first kappa shape index (κ1) is 26.9. The van der Waals surface area contributed by atoms with Crippen molar-refractivity contribution in [3.63, 3.8) is 0 Å². The number of alkyl halides is 2. The molecule has 0 spiro atoms. The van der Waals surface area contributed by atoms with E-state index in [1.165, 1.54) is 6.07 Å². The van der Waals surface area contributed by atoms with E-state index >= 15 is 0 Å². The highest BCUT2D eigenvalue weighted by Crippen LogP contribution is 2.36. The van der Waals surface area contributed by atoms with Gasteiger partial charge in [-0.05, 0) is 42.3 Å². The van der Waals surface area contributed by atoms with Gasteiger partial charge in [-0.25, -0.2) is 13.6 Å². The van der Waals surface area contributed by atoms with Gasteiger partial charge < -0.3 is 14.8 Å². The number of H-pyrrole nitrogens is 1. The van der Waals surface area contributed by atoms with Gasteiger partial charge in [0.05, 0.1) is 24.2 Å². The Hall–Kier alpha value is -2.68. The third kappa shape index (κ3) is 5.94. The maximum absolute atomic E-state index is 13.1. The molecule has 35 heavy (non-hydrogen) atoms. The van der Waals surface area contributed by atoms with Crippen molar-refractivity contribution in [3.05, 3.63) is 63.8 Å². The number of rotatable bonds is 7. The van der Waals surface area contributed by atoms with Crippen LogP contribution in [0.2, 0.25) is 5.02 Å². The molecule has 0 amide bonds. The zero-order valence-corrected chi connectivity index (χ0v) is 21.2. The molecule has 2 heterocycles. The molecule has 1 unspecified atom stereocenters. The zero-order valence-electron chi connectivity index (χ0n) is 20.4. The molecule has 2 N–H and O–H groups in total. The lowest BCUT2D eigenvalue weighted by molar-refractivity contribution is 0.0245. The molecule has 6 nitrogen and oxygen atoms in total. The van der Waals surface area contributed by atoms with Crippen LogP contribution < -0.4 is 4.74 Å². The number of halogens is 3. The summed E-state index contributed by atoms with van der Waals surface area (Å²) in [6, 6.07) is 8.60. The van der Waals surface area contributed by atoms with Crippen molar-refractivity contribution in [2.75, 3.05) is 33.3 Å². The van der Waals surface area contributed by atoms with E-state index in [0.717, 1.165) is 33.3 Å². The minimum atomic E-state index is -2.42. The second kappa shape index (κ2) is 11.8. The predicted octanol–water partition coefficient (Wildman–Crippen LogP) is 5.99. The van der Waals surface area contributed by atoms with E-state index in [4.69, 9.17) is 16.3 Å². The molecule has 0 bridgehead atoms. The number of hydrogen-bond acceptors (Lipinski definition) is 4. The lowest BCUT2D eigenvalue weighted by Crippen LogP contribution is -2.49. The topological polar surface area (TPSA) is 68.8 Å². The predicted molar refractivity (Wildman–Crippen MR) is 135 cm³/mol. The number of aromatic nitrogens is 1. The molecule has 1 saturated heterocycles. The Morgan fingerprint density at radius 2 is 2.00 bits per heavy atom. The van der Waals surface area contributed by atoms with Crippen molar-refractivity contribution in [3.8, 4) is 5.75 Å². The quantitative estimate of drug-likeness (QED) is 0.411. The summed E-state index contributed by atoms with van der Waals surface area (Å²) in [6.45, 7) is 7.72. The number of benzene rings is 2. The molecule has 1 aromatic heterocycles. The number of piperazine rings is 1. The van der Waals surface area contributed by atoms with E-state index in [9.17, 15) is 18.7 Å². The van der Waals surface area contributed by atoms with E-state index in [1.54, 1.807) is 24.1 Å². The van der Waals surface area contributed by atoms with E-state index in [2.05, 4.69) is 9.88 Å². The maximum Gasteiger partial charge on any atom is 0.337 e. The van der Waals surface area contributed by atoms with E-state index < -0.39 is 12.4 Å². The summed E-state index contributed by atoms with van der Waals surface area (Å²) in [5, 5.41) is 10.5. The molecular weight excluding hydrogens is 476 g/mol. The molecular formula is C26H32ClF2N3O3. The molecule has 9 heteroatoms. The number of methoxy groups -OCH3 is 1. The molecule has 2 aromatic carbocycles. The number of fused-ring (bicyclic) bond motifs is 1. The average molecular weight is 508 g/mol. The van der Waals surface area contributed by atoms with Crippen molar-refractivity contribution < 1.29 is 23.4 Å². The largest absolute Gasteiger partial charge is 0.496 e. The summed E-state index contributed by atoms with van der Waals surface area (Å²) in [4.78, 5) is 18.6. The highest BCUT2D eigenvalue weighted by Gasteiger charge is 2.31. The SMILES string of the molecule is CC.COc1cc(C)c2[nH]ccc2c1CN1CCN(CC(F)F)CC1c1ccc(C(=O)O)c(Cl)c1. The van der Waals surface area contributed by atoms with Crippen LogP contribution in [0, 0.1) is 6.92 Å². The van der Waals surface area contributed by atoms with E-state index in [-0.39, 0.29) is 23.2 Å². The third-order valence-corrected chi connectivity index (χ3v) is 6.59. The van der Waals surface area contributed by atoms with Crippen LogP contribution in [0.3, 0.4) is 0 Å². The van der Waals surface area contributed by atoms with Gasteiger partial charge >= 0.3 is 5.97 Å². The number of carboxylic acid groups (broad SMARTS) is 1. The average Bonchev–Trinajstić information content (AvgIpc) is 3.33. The van der Waals surface area contributed by atoms with Crippen LogP contribution in [0.4, 0.5) is 8.78 Å². The monoisotopic (exact) mass is 507 g/mol. The molecule has 0 saturated carbocycles. The first-order valence-corrected chi connectivity index (χ1v) is 12.1. The number of aromatic carboxylic acids is 1. The summed E-state index contributed by atoms with van der Waals surface area (Å²) in [5.74, 6) is -0.335. The number of carboxylic acids is 1. The highest BCUT2D eigenvalue weighted by molar-refractivity contribution is 6.33. The van der Waals surface area contributed by atoms with Gasteiger partial charge in [-0.3, -0.25) is 9.80 Å². The lowest BCUT2D eigenvalue weighted by atomic mass is 9.98. The van der Waals surface area contributed by atoms with Crippen molar-refractivity contribution in [2.45, 2.75) is 39.8 Å². The van der Waals surface area contributed by atoms with Gasteiger partial charge in [0, 0.05) is 54.9 Å².